The van der Waals surface area contributed by atoms with Crippen LogP contribution in [0.3, 0.4) is 0 Å². The van der Waals surface area contributed by atoms with Gasteiger partial charge in [0.2, 0.25) is 0 Å². The van der Waals surface area contributed by atoms with Crippen molar-refractivity contribution in [3.63, 3.8) is 0 Å². The Hall–Kier alpha value is -2.18. The number of halogens is 2. The molecule has 0 atom stereocenters. The maximum Gasteiger partial charge on any atom is 0.259 e. The molecule has 5 nitrogen and oxygen atoms in total. The summed E-state index contributed by atoms with van der Waals surface area (Å²) in [6.07, 6.45) is 1.51. The summed E-state index contributed by atoms with van der Waals surface area (Å²) in [6, 6.07) is 14.1. The van der Waals surface area contributed by atoms with Crippen LogP contribution in [0.15, 0.2) is 58.1 Å². The van der Waals surface area contributed by atoms with Gasteiger partial charge in [-0.3, -0.25) is 9.59 Å². The van der Waals surface area contributed by atoms with Gasteiger partial charge < -0.3 is 5.32 Å². The molecule has 0 aromatic heterocycles. The maximum absolute atomic E-state index is 11.9. The second-order valence-electron chi connectivity index (χ2n) is 4.48. The van der Waals surface area contributed by atoms with Gasteiger partial charge in [-0.05, 0) is 18.2 Å². The lowest BCUT2D eigenvalue weighted by molar-refractivity contribution is -0.120. The molecule has 2 aromatic carbocycles. The molecule has 0 radical (unpaired) electrons. The number of amides is 2. The van der Waals surface area contributed by atoms with Crippen LogP contribution in [0.1, 0.15) is 15.9 Å². The highest BCUT2D eigenvalue weighted by molar-refractivity contribution is 9.10. The Morgan fingerprint density at radius 2 is 1.83 bits per heavy atom. The lowest BCUT2D eigenvalue weighted by Crippen LogP contribution is -2.35. The molecule has 0 unspecified atom stereocenters. The first kappa shape index (κ1) is 17.2. The van der Waals surface area contributed by atoms with E-state index in [1.54, 1.807) is 24.3 Å². The molecule has 0 aliphatic carbocycles. The summed E-state index contributed by atoms with van der Waals surface area (Å²) in [6.45, 7) is -0.197. The predicted octanol–water partition coefficient (Wildman–Crippen LogP) is 2.98. The minimum absolute atomic E-state index is 0.197. The summed E-state index contributed by atoms with van der Waals surface area (Å²) in [5.41, 5.74) is 3.49. The molecule has 0 aliphatic heterocycles. The van der Waals surface area contributed by atoms with Gasteiger partial charge in [0.1, 0.15) is 0 Å². The van der Waals surface area contributed by atoms with Gasteiger partial charge in [-0.25, -0.2) is 5.43 Å². The van der Waals surface area contributed by atoms with Crippen molar-refractivity contribution in [2.45, 2.75) is 0 Å². The van der Waals surface area contributed by atoms with Crippen molar-refractivity contribution in [3.8, 4) is 0 Å². The third-order valence-corrected chi connectivity index (χ3v) is 3.88. The van der Waals surface area contributed by atoms with Crippen LogP contribution >= 0.6 is 27.5 Å². The van der Waals surface area contributed by atoms with E-state index in [-0.39, 0.29) is 6.54 Å². The van der Waals surface area contributed by atoms with Crippen LogP contribution in [0.2, 0.25) is 5.02 Å². The fourth-order valence-corrected chi connectivity index (χ4v) is 2.30. The molecule has 0 saturated heterocycles. The minimum atomic E-state index is -0.436. The molecule has 7 heteroatoms. The number of nitrogens with one attached hydrogen (secondary N) is 2. The summed E-state index contributed by atoms with van der Waals surface area (Å²) in [5, 5.41) is 6.65. The van der Waals surface area contributed by atoms with Crippen molar-refractivity contribution in [2.24, 2.45) is 5.10 Å². The number of carbonyl (C=O) groups is 2. The van der Waals surface area contributed by atoms with E-state index in [1.165, 1.54) is 6.21 Å². The van der Waals surface area contributed by atoms with Gasteiger partial charge in [0.25, 0.3) is 11.8 Å². The molecule has 2 rings (SSSR count). The highest BCUT2D eigenvalue weighted by Crippen LogP contribution is 2.14. The van der Waals surface area contributed by atoms with E-state index in [2.05, 4.69) is 31.8 Å². The maximum atomic E-state index is 11.9. The molecule has 0 fully saturated rings. The summed E-state index contributed by atoms with van der Waals surface area (Å²) >= 11 is 9.28. The predicted molar refractivity (Wildman–Crippen MR) is 93.7 cm³/mol. The van der Waals surface area contributed by atoms with E-state index in [0.717, 1.165) is 10.0 Å². The molecule has 0 bridgehead atoms. The van der Waals surface area contributed by atoms with Crippen molar-refractivity contribution in [1.82, 2.24) is 10.7 Å². The molecule has 2 amide bonds. The fraction of sp³-hybridized carbons (Fsp3) is 0.0625. The van der Waals surface area contributed by atoms with Crippen LogP contribution in [-0.2, 0) is 4.79 Å². The number of benzene rings is 2. The van der Waals surface area contributed by atoms with Gasteiger partial charge >= 0.3 is 0 Å². The quantitative estimate of drug-likeness (QED) is 0.604. The normalized spacial score (nSPS) is 10.5. The van der Waals surface area contributed by atoms with E-state index in [1.807, 2.05) is 24.3 Å². The SMILES string of the molecule is O=C(CNC(=O)c1ccccc1Cl)NN=Cc1ccccc1Br. The Balaban J connectivity index is 1.83. The molecule has 2 aromatic rings. The van der Waals surface area contributed by atoms with Gasteiger partial charge in [0, 0.05) is 10.0 Å². The lowest BCUT2D eigenvalue weighted by Gasteiger charge is -2.05. The van der Waals surface area contributed by atoms with Crippen LogP contribution in [0.4, 0.5) is 0 Å². The topological polar surface area (TPSA) is 70.6 Å². The van der Waals surface area contributed by atoms with Crippen LogP contribution in [0.5, 0.6) is 0 Å². The molecule has 0 heterocycles. The van der Waals surface area contributed by atoms with E-state index in [9.17, 15) is 9.59 Å². The Labute approximate surface area is 146 Å². The number of hydrogen-bond donors (Lipinski definition) is 2. The first-order chi connectivity index (χ1) is 11.1. The number of hydrazone groups is 1. The third-order valence-electron chi connectivity index (χ3n) is 2.83. The summed E-state index contributed by atoms with van der Waals surface area (Å²) in [5.74, 6) is -0.853. The molecule has 0 spiro atoms. The molecule has 118 valence electrons. The highest BCUT2D eigenvalue weighted by atomic mass is 79.9. The zero-order valence-corrected chi connectivity index (χ0v) is 14.3. The number of hydrogen-bond acceptors (Lipinski definition) is 3. The van der Waals surface area contributed by atoms with Crippen molar-refractivity contribution in [1.29, 1.82) is 0 Å². The van der Waals surface area contributed by atoms with Crippen LogP contribution in [0.25, 0.3) is 0 Å². The van der Waals surface area contributed by atoms with E-state index >= 15 is 0 Å². The second kappa shape index (κ2) is 8.45. The van der Waals surface area contributed by atoms with Crippen LogP contribution in [-0.4, -0.2) is 24.6 Å². The summed E-state index contributed by atoms with van der Waals surface area (Å²) in [4.78, 5) is 23.5. The molecule has 2 N–H and O–H groups in total. The fourth-order valence-electron chi connectivity index (χ4n) is 1.69. The number of rotatable bonds is 5. The Morgan fingerprint density at radius 1 is 1.13 bits per heavy atom. The Bertz CT molecular complexity index is 750. The minimum Gasteiger partial charge on any atom is -0.343 e. The summed E-state index contributed by atoms with van der Waals surface area (Å²) in [7, 11) is 0. The smallest absolute Gasteiger partial charge is 0.259 e. The molecule has 0 aliphatic rings. The monoisotopic (exact) mass is 393 g/mol. The van der Waals surface area contributed by atoms with E-state index in [4.69, 9.17) is 11.6 Å². The number of nitrogens with zero attached hydrogens (tertiary/aromatic N) is 1. The zero-order valence-electron chi connectivity index (χ0n) is 11.9. The molecular weight excluding hydrogens is 382 g/mol. The standard InChI is InChI=1S/C16H13BrClN3O2/c17-13-7-3-1-5-11(13)9-20-21-15(22)10-19-16(23)12-6-2-4-8-14(12)18/h1-9H,10H2,(H,19,23)(H,21,22). The van der Waals surface area contributed by atoms with Gasteiger partial charge in [0.15, 0.2) is 0 Å². The van der Waals surface area contributed by atoms with Crippen molar-refractivity contribution in [3.05, 3.63) is 69.2 Å². The van der Waals surface area contributed by atoms with Gasteiger partial charge in [-0.2, -0.15) is 5.10 Å². The zero-order chi connectivity index (χ0) is 16.7. The van der Waals surface area contributed by atoms with Crippen LogP contribution < -0.4 is 10.7 Å². The van der Waals surface area contributed by atoms with Gasteiger partial charge in [0.05, 0.1) is 23.3 Å². The van der Waals surface area contributed by atoms with Crippen molar-refractivity contribution in [2.75, 3.05) is 6.54 Å². The first-order valence-electron chi connectivity index (χ1n) is 6.67. The largest absolute Gasteiger partial charge is 0.343 e. The summed E-state index contributed by atoms with van der Waals surface area (Å²) < 4.78 is 0.866. The van der Waals surface area contributed by atoms with E-state index < -0.39 is 11.8 Å². The van der Waals surface area contributed by atoms with E-state index in [0.29, 0.717) is 10.6 Å². The molecule has 23 heavy (non-hydrogen) atoms. The average molecular weight is 395 g/mol. The third kappa shape index (κ3) is 5.19. The Morgan fingerprint density at radius 3 is 2.57 bits per heavy atom. The Kier molecular flexibility index (Phi) is 6.31. The number of carbonyl (C=O) groups excluding carboxylic acids is 2. The lowest BCUT2D eigenvalue weighted by atomic mass is 10.2. The second-order valence-corrected chi connectivity index (χ2v) is 5.74. The van der Waals surface area contributed by atoms with Crippen molar-refractivity contribution >= 4 is 45.6 Å². The van der Waals surface area contributed by atoms with Gasteiger partial charge in [-0.15, -0.1) is 0 Å². The first-order valence-corrected chi connectivity index (χ1v) is 7.84. The van der Waals surface area contributed by atoms with Crippen LogP contribution in [0, 0.1) is 0 Å². The highest BCUT2D eigenvalue weighted by Gasteiger charge is 2.10. The van der Waals surface area contributed by atoms with Crippen molar-refractivity contribution < 1.29 is 9.59 Å². The molecular formula is C16H13BrClN3O2. The van der Waals surface area contributed by atoms with Gasteiger partial charge in [-0.1, -0.05) is 57.9 Å². The average Bonchev–Trinajstić information content (AvgIpc) is 2.55. The molecule has 0 saturated carbocycles.